The topological polar surface area (TPSA) is 78.1 Å². The van der Waals surface area contributed by atoms with Crippen molar-refractivity contribution in [2.24, 2.45) is 0 Å². The standard InChI is InChI=1S/C8H14N4O2S/c13-15(14,8-6-10-11-7-8)12-4-1-2-9-3-5-12/h6-7,9H,1-5H2,(H,10,11). The summed E-state index contributed by atoms with van der Waals surface area (Å²) in [5.41, 5.74) is 0. The molecule has 0 saturated carbocycles. The molecule has 0 aliphatic carbocycles. The van der Waals surface area contributed by atoms with Crippen LogP contribution in [0.4, 0.5) is 0 Å². The lowest BCUT2D eigenvalue weighted by atomic mass is 10.4. The van der Waals surface area contributed by atoms with Gasteiger partial charge in [-0.05, 0) is 13.0 Å². The lowest BCUT2D eigenvalue weighted by Crippen LogP contribution is -2.34. The summed E-state index contributed by atoms with van der Waals surface area (Å²) in [6, 6.07) is 0. The smallest absolute Gasteiger partial charge is 0.246 e. The van der Waals surface area contributed by atoms with Crippen molar-refractivity contribution in [3.63, 3.8) is 0 Å². The first-order valence-electron chi connectivity index (χ1n) is 4.91. The molecular weight excluding hydrogens is 216 g/mol. The summed E-state index contributed by atoms with van der Waals surface area (Å²) in [5, 5.41) is 9.34. The molecule has 0 amide bonds. The lowest BCUT2D eigenvalue weighted by molar-refractivity contribution is 0.432. The fourth-order valence-corrected chi connectivity index (χ4v) is 2.98. The lowest BCUT2D eigenvalue weighted by Gasteiger charge is -2.18. The van der Waals surface area contributed by atoms with E-state index in [4.69, 9.17) is 0 Å². The molecule has 1 aliphatic rings. The third-order valence-corrected chi connectivity index (χ3v) is 4.27. The van der Waals surface area contributed by atoms with Crippen LogP contribution in [0.2, 0.25) is 0 Å². The van der Waals surface area contributed by atoms with Gasteiger partial charge in [-0.25, -0.2) is 8.42 Å². The highest BCUT2D eigenvalue weighted by Gasteiger charge is 2.25. The number of hydrogen-bond acceptors (Lipinski definition) is 4. The summed E-state index contributed by atoms with van der Waals surface area (Å²) in [6.45, 7) is 2.67. The predicted molar refractivity (Wildman–Crippen MR) is 54.8 cm³/mol. The second kappa shape index (κ2) is 4.30. The summed E-state index contributed by atoms with van der Waals surface area (Å²) < 4.78 is 25.6. The number of hydrogen-bond donors (Lipinski definition) is 2. The second-order valence-corrected chi connectivity index (χ2v) is 5.38. The molecule has 2 heterocycles. The zero-order chi connectivity index (χ0) is 10.7. The summed E-state index contributed by atoms with van der Waals surface area (Å²) >= 11 is 0. The van der Waals surface area contributed by atoms with Crippen molar-refractivity contribution in [1.82, 2.24) is 19.8 Å². The first kappa shape index (κ1) is 10.6. The van der Waals surface area contributed by atoms with Crippen LogP contribution in [-0.4, -0.2) is 49.1 Å². The molecule has 1 aliphatic heterocycles. The third kappa shape index (κ3) is 2.19. The molecule has 0 radical (unpaired) electrons. The van der Waals surface area contributed by atoms with Crippen molar-refractivity contribution >= 4 is 10.0 Å². The summed E-state index contributed by atoms with van der Waals surface area (Å²) in [6.07, 6.45) is 3.60. The SMILES string of the molecule is O=S(=O)(c1cn[nH]c1)N1CCCNCC1. The van der Waals surface area contributed by atoms with E-state index in [1.807, 2.05) is 0 Å². The Hall–Kier alpha value is -0.920. The minimum absolute atomic E-state index is 0.240. The van der Waals surface area contributed by atoms with Gasteiger partial charge in [-0.15, -0.1) is 0 Å². The Morgan fingerprint density at radius 2 is 2.20 bits per heavy atom. The Bertz CT molecular complexity index is 392. The number of nitrogens with zero attached hydrogens (tertiary/aromatic N) is 2. The van der Waals surface area contributed by atoms with Gasteiger partial charge in [0.25, 0.3) is 0 Å². The van der Waals surface area contributed by atoms with Crippen molar-refractivity contribution in [3.05, 3.63) is 12.4 Å². The molecule has 0 aromatic carbocycles. The van der Waals surface area contributed by atoms with Crippen molar-refractivity contribution in [2.45, 2.75) is 11.3 Å². The number of aromatic nitrogens is 2. The minimum atomic E-state index is -3.34. The monoisotopic (exact) mass is 230 g/mol. The Kier molecular flexibility index (Phi) is 3.03. The van der Waals surface area contributed by atoms with E-state index < -0.39 is 10.0 Å². The Morgan fingerprint density at radius 1 is 1.33 bits per heavy atom. The average Bonchev–Trinajstić information content (AvgIpc) is 2.61. The maximum absolute atomic E-state index is 12.0. The molecule has 2 rings (SSSR count). The van der Waals surface area contributed by atoms with E-state index in [9.17, 15) is 8.42 Å². The van der Waals surface area contributed by atoms with Crippen molar-refractivity contribution in [1.29, 1.82) is 0 Å². The summed E-state index contributed by atoms with van der Waals surface area (Å²) in [7, 11) is -3.34. The van der Waals surface area contributed by atoms with E-state index in [0.717, 1.165) is 13.0 Å². The largest absolute Gasteiger partial charge is 0.315 e. The number of aromatic amines is 1. The van der Waals surface area contributed by atoms with Gasteiger partial charge in [-0.1, -0.05) is 0 Å². The molecule has 0 bridgehead atoms. The van der Waals surface area contributed by atoms with Crippen LogP contribution in [0, 0.1) is 0 Å². The number of H-pyrrole nitrogens is 1. The van der Waals surface area contributed by atoms with Crippen LogP contribution in [0.5, 0.6) is 0 Å². The van der Waals surface area contributed by atoms with Crippen LogP contribution in [-0.2, 0) is 10.0 Å². The van der Waals surface area contributed by atoms with Gasteiger partial charge in [0, 0.05) is 25.8 Å². The molecule has 6 nitrogen and oxygen atoms in total. The summed E-state index contributed by atoms with van der Waals surface area (Å²) in [4.78, 5) is 0.240. The fraction of sp³-hybridized carbons (Fsp3) is 0.625. The van der Waals surface area contributed by atoms with Crippen LogP contribution in [0.15, 0.2) is 17.3 Å². The van der Waals surface area contributed by atoms with Gasteiger partial charge in [0.2, 0.25) is 10.0 Å². The average molecular weight is 230 g/mol. The predicted octanol–water partition coefficient (Wildman–Crippen LogP) is -0.606. The van der Waals surface area contributed by atoms with Crippen LogP contribution in [0.1, 0.15) is 6.42 Å². The maximum Gasteiger partial charge on any atom is 0.246 e. The van der Waals surface area contributed by atoms with Gasteiger partial charge >= 0.3 is 0 Å². The maximum atomic E-state index is 12.0. The first-order valence-corrected chi connectivity index (χ1v) is 6.35. The Balaban J connectivity index is 2.21. The van der Waals surface area contributed by atoms with Gasteiger partial charge in [-0.2, -0.15) is 9.40 Å². The molecule has 1 saturated heterocycles. The van der Waals surface area contributed by atoms with Gasteiger partial charge in [0.1, 0.15) is 4.90 Å². The van der Waals surface area contributed by atoms with Crippen molar-refractivity contribution in [3.8, 4) is 0 Å². The molecule has 2 N–H and O–H groups in total. The van der Waals surface area contributed by atoms with Gasteiger partial charge in [0.05, 0.1) is 6.20 Å². The Morgan fingerprint density at radius 3 is 2.93 bits per heavy atom. The van der Waals surface area contributed by atoms with Crippen molar-refractivity contribution < 1.29 is 8.42 Å². The van der Waals surface area contributed by atoms with Crippen LogP contribution >= 0.6 is 0 Å². The summed E-state index contributed by atoms with van der Waals surface area (Å²) in [5.74, 6) is 0. The normalized spacial score (nSPS) is 20.0. The van der Waals surface area contributed by atoms with Crippen LogP contribution in [0.25, 0.3) is 0 Å². The van der Waals surface area contributed by atoms with Crippen LogP contribution < -0.4 is 5.32 Å². The molecule has 0 unspecified atom stereocenters. The molecule has 15 heavy (non-hydrogen) atoms. The Labute approximate surface area is 88.7 Å². The zero-order valence-corrected chi connectivity index (χ0v) is 9.13. The van der Waals surface area contributed by atoms with Gasteiger partial charge in [-0.3, -0.25) is 5.10 Å². The van der Waals surface area contributed by atoms with E-state index in [-0.39, 0.29) is 4.90 Å². The van der Waals surface area contributed by atoms with E-state index >= 15 is 0 Å². The van der Waals surface area contributed by atoms with Crippen molar-refractivity contribution in [2.75, 3.05) is 26.2 Å². The van der Waals surface area contributed by atoms with Crippen LogP contribution in [0.3, 0.4) is 0 Å². The molecule has 0 atom stereocenters. The van der Waals surface area contributed by atoms with Gasteiger partial charge < -0.3 is 5.32 Å². The highest BCUT2D eigenvalue weighted by Crippen LogP contribution is 2.14. The molecule has 1 aromatic rings. The van der Waals surface area contributed by atoms with E-state index in [0.29, 0.717) is 19.6 Å². The number of nitrogens with one attached hydrogen (secondary N) is 2. The van der Waals surface area contributed by atoms with E-state index in [2.05, 4.69) is 15.5 Å². The molecule has 84 valence electrons. The highest BCUT2D eigenvalue weighted by molar-refractivity contribution is 7.89. The highest BCUT2D eigenvalue weighted by atomic mass is 32.2. The molecule has 1 aromatic heterocycles. The minimum Gasteiger partial charge on any atom is -0.315 e. The van der Waals surface area contributed by atoms with E-state index in [1.54, 1.807) is 0 Å². The molecule has 1 fully saturated rings. The van der Waals surface area contributed by atoms with Gasteiger partial charge in [0.15, 0.2) is 0 Å². The number of sulfonamides is 1. The zero-order valence-electron chi connectivity index (χ0n) is 8.31. The molecule has 0 spiro atoms. The fourth-order valence-electron chi connectivity index (χ4n) is 1.59. The quantitative estimate of drug-likeness (QED) is 0.710. The van der Waals surface area contributed by atoms with E-state index in [1.165, 1.54) is 16.7 Å². The molecular formula is C8H14N4O2S. The third-order valence-electron chi connectivity index (χ3n) is 2.41. The molecule has 7 heteroatoms. The number of rotatable bonds is 2. The first-order chi connectivity index (χ1) is 7.21. The second-order valence-electron chi connectivity index (χ2n) is 3.44.